The van der Waals surface area contributed by atoms with Gasteiger partial charge in [-0.3, -0.25) is 9.48 Å². The van der Waals surface area contributed by atoms with E-state index in [0.717, 1.165) is 12.3 Å². The van der Waals surface area contributed by atoms with Crippen molar-refractivity contribution in [3.8, 4) is 0 Å². The molecule has 22 heavy (non-hydrogen) atoms. The Morgan fingerprint density at radius 1 is 1.45 bits per heavy atom. The number of rotatable bonds is 5. The molecule has 2 rings (SSSR count). The van der Waals surface area contributed by atoms with Crippen LogP contribution >= 0.6 is 11.6 Å². The minimum atomic E-state index is -3.82. The fraction of sp³-hybridized carbons (Fsp3) is 0.167. The zero-order chi connectivity index (χ0) is 16.3. The van der Waals surface area contributed by atoms with E-state index in [1.807, 2.05) is 0 Å². The van der Waals surface area contributed by atoms with E-state index >= 15 is 0 Å². The molecule has 0 fully saturated rings. The highest BCUT2D eigenvalue weighted by Crippen LogP contribution is 2.18. The summed E-state index contributed by atoms with van der Waals surface area (Å²) in [6, 6.07) is 3.90. The van der Waals surface area contributed by atoms with E-state index in [1.165, 1.54) is 23.0 Å². The van der Waals surface area contributed by atoms with Crippen molar-refractivity contribution in [3.63, 3.8) is 0 Å². The Morgan fingerprint density at radius 2 is 2.18 bits per heavy atom. The van der Waals surface area contributed by atoms with Crippen molar-refractivity contribution in [3.05, 3.63) is 41.4 Å². The molecule has 0 aliphatic rings. The third-order valence-electron chi connectivity index (χ3n) is 2.71. The number of aryl methyl sites for hydroxylation is 1. The van der Waals surface area contributed by atoms with Gasteiger partial charge in [0.15, 0.2) is 0 Å². The predicted molar refractivity (Wildman–Crippen MR) is 78.3 cm³/mol. The molecule has 0 radical (unpaired) electrons. The number of hydrogen-bond acceptors (Lipinski definition) is 4. The van der Waals surface area contributed by atoms with Gasteiger partial charge < -0.3 is 5.32 Å². The lowest BCUT2D eigenvalue weighted by Crippen LogP contribution is -2.15. The second kappa shape index (κ2) is 6.42. The minimum Gasteiger partial charge on any atom is -0.326 e. The lowest BCUT2D eigenvalue weighted by molar-refractivity contribution is -0.116. The maximum atomic E-state index is 13.2. The molecule has 0 atom stereocenters. The highest BCUT2D eigenvalue weighted by molar-refractivity contribution is 7.89. The number of aromatic nitrogens is 2. The number of primary sulfonamides is 1. The molecule has 0 aliphatic heterocycles. The zero-order valence-electron chi connectivity index (χ0n) is 11.2. The summed E-state index contributed by atoms with van der Waals surface area (Å²) in [6.07, 6.45) is 2.35. The number of carbonyl (C=O) groups is 1. The summed E-state index contributed by atoms with van der Waals surface area (Å²) < 4.78 is 36.7. The summed E-state index contributed by atoms with van der Waals surface area (Å²) in [4.78, 5) is 11.6. The van der Waals surface area contributed by atoms with E-state index < -0.39 is 15.8 Å². The number of nitrogens with two attached hydrogens (primary N) is 1. The topological polar surface area (TPSA) is 107 Å². The SMILES string of the molecule is NS(=O)(=O)c1cnn(CCC(=O)Nc2ccc(Cl)c(F)c2)c1. The molecule has 0 saturated carbocycles. The zero-order valence-corrected chi connectivity index (χ0v) is 12.7. The third-order valence-corrected chi connectivity index (χ3v) is 3.88. The molecule has 0 unspecified atom stereocenters. The minimum absolute atomic E-state index is 0.0238. The van der Waals surface area contributed by atoms with Crippen molar-refractivity contribution in [2.75, 3.05) is 5.32 Å². The van der Waals surface area contributed by atoms with Gasteiger partial charge in [-0.15, -0.1) is 0 Å². The summed E-state index contributed by atoms with van der Waals surface area (Å²) in [6.45, 7) is 0.150. The van der Waals surface area contributed by atoms with Gasteiger partial charge in [0, 0.05) is 24.8 Å². The average Bonchev–Trinajstić information content (AvgIpc) is 2.89. The number of amides is 1. The number of nitrogens with one attached hydrogen (secondary N) is 1. The first kappa shape index (κ1) is 16.4. The quantitative estimate of drug-likeness (QED) is 0.852. The van der Waals surface area contributed by atoms with Gasteiger partial charge >= 0.3 is 0 Å². The van der Waals surface area contributed by atoms with Gasteiger partial charge in [0.2, 0.25) is 15.9 Å². The molecule has 1 aromatic heterocycles. The molecule has 118 valence electrons. The largest absolute Gasteiger partial charge is 0.326 e. The van der Waals surface area contributed by atoms with Crippen LogP contribution in [-0.2, 0) is 21.4 Å². The molecule has 7 nitrogen and oxygen atoms in total. The van der Waals surface area contributed by atoms with Crippen LogP contribution in [0.15, 0.2) is 35.5 Å². The van der Waals surface area contributed by atoms with Crippen LogP contribution in [0.25, 0.3) is 0 Å². The highest BCUT2D eigenvalue weighted by atomic mass is 35.5. The first-order valence-electron chi connectivity index (χ1n) is 6.06. The molecular formula is C12H12ClFN4O3S. The normalized spacial score (nSPS) is 11.4. The number of hydrogen-bond donors (Lipinski definition) is 2. The Labute approximate surface area is 130 Å². The Hall–Kier alpha value is -1.97. The first-order valence-corrected chi connectivity index (χ1v) is 7.98. The van der Waals surface area contributed by atoms with Crippen LogP contribution in [0.2, 0.25) is 5.02 Å². The Kier molecular flexibility index (Phi) is 4.79. The fourth-order valence-electron chi connectivity index (χ4n) is 1.63. The van der Waals surface area contributed by atoms with E-state index in [0.29, 0.717) is 0 Å². The Bertz CT molecular complexity index is 806. The summed E-state index contributed by atoms with van der Waals surface area (Å²) in [5.41, 5.74) is 0.276. The van der Waals surface area contributed by atoms with Gasteiger partial charge in [0.25, 0.3) is 0 Å². The van der Waals surface area contributed by atoms with Crippen LogP contribution in [0.4, 0.5) is 10.1 Å². The first-order chi connectivity index (χ1) is 10.3. The van der Waals surface area contributed by atoms with E-state index in [2.05, 4.69) is 10.4 Å². The van der Waals surface area contributed by atoms with Crippen LogP contribution in [0.1, 0.15) is 6.42 Å². The maximum absolute atomic E-state index is 13.2. The second-order valence-corrected chi connectivity index (χ2v) is 6.38. The van der Waals surface area contributed by atoms with Crippen LogP contribution in [0.3, 0.4) is 0 Å². The van der Waals surface area contributed by atoms with Gasteiger partial charge in [0.05, 0.1) is 11.2 Å². The number of sulfonamides is 1. The Morgan fingerprint density at radius 3 is 2.77 bits per heavy atom. The van der Waals surface area contributed by atoms with Crippen molar-refractivity contribution in [1.82, 2.24) is 9.78 Å². The van der Waals surface area contributed by atoms with Gasteiger partial charge in [-0.25, -0.2) is 17.9 Å². The second-order valence-electron chi connectivity index (χ2n) is 4.41. The average molecular weight is 347 g/mol. The standard InChI is InChI=1S/C12H12ClFN4O3S/c13-10-2-1-8(5-11(10)14)17-12(19)3-4-18-7-9(6-16-18)22(15,20)21/h1-2,5-7H,3-4H2,(H,17,19)(H2,15,20,21). The summed E-state index contributed by atoms with van der Waals surface area (Å²) in [7, 11) is -3.82. The molecule has 10 heteroatoms. The predicted octanol–water partition coefficient (Wildman–Crippen LogP) is 1.35. The third kappa shape index (κ3) is 4.26. The number of carbonyl (C=O) groups excluding carboxylic acids is 1. The van der Waals surface area contributed by atoms with Gasteiger partial charge in [0.1, 0.15) is 10.7 Å². The lowest BCUT2D eigenvalue weighted by Gasteiger charge is -2.06. The molecule has 1 heterocycles. The molecule has 3 N–H and O–H groups in total. The molecule has 1 amide bonds. The van der Waals surface area contributed by atoms with Crippen molar-refractivity contribution < 1.29 is 17.6 Å². The van der Waals surface area contributed by atoms with Gasteiger partial charge in [-0.05, 0) is 18.2 Å². The van der Waals surface area contributed by atoms with E-state index in [9.17, 15) is 17.6 Å². The Balaban J connectivity index is 1.92. The maximum Gasteiger partial charge on any atom is 0.241 e. The summed E-state index contributed by atoms with van der Waals surface area (Å²) in [5, 5.41) is 11.2. The van der Waals surface area contributed by atoms with Crippen molar-refractivity contribution in [2.45, 2.75) is 17.9 Å². The van der Waals surface area contributed by atoms with E-state index in [4.69, 9.17) is 16.7 Å². The number of nitrogens with zero attached hydrogens (tertiary/aromatic N) is 2. The van der Waals surface area contributed by atoms with Gasteiger partial charge in [-0.1, -0.05) is 11.6 Å². The number of anilines is 1. The van der Waals surface area contributed by atoms with Crippen molar-refractivity contribution in [2.24, 2.45) is 5.14 Å². The highest BCUT2D eigenvalue weighted by Gasteiger charge is 2.11. The molecular weight excluding hydrogens is 335 g/mol. The van der Waals surface area contributed by atoms with Crippen molar-refractivity contribution >= 4 is 33.2 Å². The molecule has 0 saturated heterocycles. The smallest absolute Gasteiger partial charge is 0.241 e. The number of halogens is 2. The van der Waals surface area contributed by atoms with Crippen LogP contribution in [0, 0.1) is 5.82 Å². The van der Waals surface area contributed by atoms with Crippen LogP contribution in [-0.4, -0.2) is 24.1 Å². The van der Waals surface area contributed by atoms with Crippen LogP contribution < -0.4 is 10.5 Å². The molecule has 0 aliphatic carbocycles. The molecule has 0 spiro atoms. The van der Waals surface area contributed by atoms with E-state index in [-0.39, 0.29) is 34.5 Å². The molecule has 1 aromatic carbocycles. The fourth-order valence-corrected chi connectivity index (χ4v) is 2.21. The molecule has 2 aromatic rings. The van der Waals surface area contributed by atoms with Crippen molar-refractivity contribution in [1.29, 1.82) is 0 Å². The van der Waals surface area contributed by atoms with Crippen LogP contribution in [0.5, 0.6) is 0 Å². The summed E-state index contributed by atoms with van der Waals surface area (Å²) in [5.74, 6) is -1.02. The molecule has 0 bridgehead atoms. The van der Waals surface area contributed by atoms with Gasteiger partial charge in [-0.2, -0.15) is 5.10 Å². The lowest BCUT2D eigenvalue weighted by atomic mass is 10.3. The van der Waals surface area contributed by atoms with E-state index in [1.54, 1.807) is 0 Å². The monoisotopic (exact) mass is 346 g/mol. The number of benzene rings is 1. The summed E-state index contributed by atoms with van der Waals surface area (Å²) >= 11 is 5.54.